The van der Waals surface area contributed by atoms with Crippen LogP contribution in [-0.4, -0.2) is 38.2 Å². The number of nitrogens with two attached hydrogens (primary N) is 1. The van der Waals surface area contributed by atoms with Crippen molar-refractivity contribution < 1.29 is 14.0 Å². The fraction of sp³-hybridized carbons (Fsp3) is 0.348. The van der Waals surface area contributed by atoms with Crippen LogP contribution in [-0.2, 0) is 30.2 Å². The molecule has 1 unspecified atom stereocenters. The maximum absolute atomic E-state index is 15.3. The monoisotopic (exact) mass is 450 g/mol. The molecule has 10 heteroatoms. The van der Waals surface area contributed by atoms with Gasteiger partial charge in [-0.15, -0.1) is 5.10 Å². The second kappa shape index (κ2) is 7.36. The molecule has 0 bridgehead atoms. The zero-order valence-electron chi connectivity index (χ0n) is 18.3. The highest BCUT2D eigenvalue weighted by molar-refractivity contribution is 5.97. The fourth-order valence-corrected chi connectivity index (χ4v) is 5.28. The third-order valence-electron chi connectivity index (χ3n) is 6.90. The Hall–Kier alpha value is -3.82. The Morgan fingerprint density at radius 1 is 1.21 bits per heavy atom. The van der Waals surface area contributed by atoms with Gasteiger partial charge in [0.15, 0.2) is 0 Å². The number of pyridine rings is 1. The Kier molecular flexibility index (Phi) is 4.70. The molecule has 0 saturated carbocycles. The van der Waals surface area contributed by atoms with Crippen LogP contribution in [0, 0.1) is 11.7 Å². The van der Waals surface area contributed by atoms with Gasteiger partial charge in [-0.2, -0.15) is 0 Å². The molecule has 1 aromatic carbocycles. The van der Waals surface area contributed by atoms with E-state index in [1.807, 2.05) is 0 Å². The van der Waals surface area contributed by atoms with Gasteiger partial charge in [0.2, 0.25) is 11.7 Å². The number of carbonyl (C=O) groups excluding carboxylic acids is 2. The van der Waals surface area contributed by atoms with E-state index in [0.29, 0.717) is 42.8 Å². The quantitative estimate of drug-likeness (QED) is 0.642. The van der Waals surface area contributed by atoms with Crippen molar-refractivity contribution in [3.63, 3.8) is 0 Å². The molecule has 5 rings (SSSR count). The van der Waals surface area contributed by atoms with Crippen LogP contribution in [0.2, 0.25) is 0 Å². The van der Waals surface area contributed by atoms with Crippen LogP contribution in [0.15, 0.2) is 41.3 Å². The molecule has 2 aliphatic rings. The van der Waals surface area contributed by atoms with Crippen molar-refractivity contribution in [3.05, 3.63) is 75.5 Å². The van der Waals surface area contributed by atoms with Crippen LogP contribution in [0.25, 0.3) is 0 Å². The standard InChI is InChI=1S/C23H23FN6O3/c1-28-12-17-13(11-19(28)31)7-8-15(22(33)29(17)2)23(14-5-3-4-6-16(14)24)10-9-18-26-21(20(25)32)27-30(18)23/h3-6,11-12,15H,7-10H2,1-2H3,(H2,25,32)/t15-,23?/m0/s1. The average molecular weight is 450 g/mol. The largest absolute Gasteiger partial charge is 0.363 e. The first-order valence-electron chi connectivity index (χ1n) is 10.7. The van der Waals surface area contributed by atoms with Crippen LogP contribution in [0.1, 0.15) is 40.4 Å². The third-order valence-corrected chi connectivity index (χ3v) is 6.90. The normalized spacial score (nSPS) is 22.1. The van der Waals surface area contributed by atoms with Crippen LogP contribution in [0.4, 0.5) is 10.1 Å². The van der Waals surface area contributed by atoms with E-state index in [-0.39, 0.29) is 17.3 Å². The first kappa shape index (κ1) is 21.0. The van der Waals surface area contributed by atoms with Crippen LogP contribution < -0.4 is 16.2 Å². The number of anilines is 1. The van der Waals surface area contributed by atoms with Crippen molar-refractivity contribution in [2.75, 3.05) is 11.9 Å². The van der Waals surface area contributed by atoms with Gasteiger partial charge in [-0.1, -0.05) is 18.2 Å². The zero-order valence-corrected chi connectivity index (χ0v) is 18.3. The summed E-state index contributed by atoms with van der Waals surface area (Å²) in [5, 5.41) is 4.34. The number of benzene rings is 1. The molecule has 3 aromatic rings. The number of fused-ring (bicyclic) bond motifs is 2. The maximum Gasteiger partial charge on any atom is 0.288 e. The summed E-state index contributed by atoms with van der Waals surface area (Å²) >= 11 is 0. The summed E-state index contributed by atoms with van der Waals surface area (Å²) in [5.41, 5.74) is 5.78. The van der Waals surface area contributed by atoms with Crippen molar-refractivity contribution in [1.82, 2.24) is 19.3 Å². The Labute approximate surface area is 188 Å². The number of hydrogen-bond acceptors (Lipinski definition) is 5. The van der Waals surface area contributed by atoms with Crippen molar-refractivity contribution >= 4 is 17.5 Å². The Morgan fingerprint density at radius 2 is 1.97 bits per heavy atom. The van der Waals surface area contributed by atoms with E-state index in [1.165, 1.54) is 26.3 Å². The van der Waals surface area contributed by atoms with Crippen LogP contribution in [0.5, 0.6) is 0 Å². The molecule has 170 valence electrons. The van der Waals surface area contributed by atoms with E-state index in [1.54, 1.807) is 38.5 Å². The predicted octanol–water partition coefficient (Wildman–Crippen LogP) is 1.13. The summed E-state index contributed by atoms with van der Waals surface area (Å²) in [6.07, 6.45) is 3.27. The highest BCUT2D eigenvalue weighted by Crippen LogP contribution is 2.48. The molecule has 0 radical (unpaired) electrons. The van der Waals surface area contributed by atoms with Gasteiger partial charge < -0.3 is 15.2 Å². The van der Waals surface area contributed by atoms with Gasteiger partial charge in [0.1, 0.15) is 17.2 Å². The maximum atomic E-state index is 15.3. The number of aromatic nitrogens is 4. The summed E-state index contributed by atoms with van der Waals surface area (Å²) in [5.74, 6) is -1.86. The Bertz CT molecular complexity index is 1360. The molecule has 0 fully saturated rings. The van der Waals surface area contributed by atoms with E-state index in [2.05, 4.69) is 10.1 Å². The molecule has 9 nitrogen and oxygen atoms in total. The minimum Gasteiger partial charge on any atom is -0.363 e. The number of primary amides is 1. The number of halogens is 1. The topological polar surface area (TPSA) is 116 Å². The summed E-state index contributed by atoms with van der Waals surface area (Å²) < 4.78 is 18.2. The molecule has 2 aliphatic heterocycles. The number of aryl methyl sites for hydroxylation is 3. The van der Waals surface area contributed by atoms with Gasteiger partial charge in [-0.05, 0) is 30.9 Å². The Morgan fingerprint density at radius 3 is 2.70 bits per heavy atom. The summed E-state index contributed by atoms with van der Waals surface area (Å²) in [4.78, 5) is 43.7. The molecule has 0 spiro atoms. The van der Waals surface area contributed by atoms with Crippen molar-refractivity contribution in [2.45, 2.75) is 31.2 Å². The Balaban J connectivity index is 1.72. The van der Waals surface area contributed by atoms with E-state index in [0.717, 1.165) is 5.56 Å². The van der Waals surface area contributed by atoms with Gasteiger partial charge in [0.05, 0.1) is 11.6 Å². The summed E-state index contributed by atoms with van der Waals surface area (Å²) in [6.45, 7) is 0. The van der Waals surface area contributed by atoms with Gasteiger partial charge in [-0.25, -0.2) is 14.1 Å². The molecule has 2 amide bonds. The smallest absolute Gasteiger partial charge is 0.288 e. The van der Waals surface area contributed by atoms with Crippen LogP contribution >= 0.6 is 0 Å². The first-order chi connectivity index (χ1) is 15.7. The molecular weight excluding hydrogens is 427 g/mol. The molecule has 0 saturated heterocycles. The summed E-state index contributed by atoms with van der Waals surface area (Å²) in [6, 6.07) is 7.85. The summed E-state index contributed by atoms with van der Waals surface area (Å²) in [7, 11) is 3.29. The molecular formula is C23H23FN6O3. The second-order valence-corrected chi connectivity index (χ2v) is 8.65. The van der Waals surface area contributed by atoms with E-state index >= 15 is 4.39 Å². The van der Waals surface area contributed by atoms with Crippen molar-refractivity contribution in [3.8, 4) is 0 Å². The number of nitrogens with zero attached hydrogens (tertiary/aromatic N) is 5. The van der Waals surface area contributed by atoms with Crippen LogP contribution in [0.3, 0.4) is 0 Å². The molecule has 2 N–H and O–H groups in total. The lowest BCUT2D eigenvalue weighted by atomic mass is 9.73. The lowest BCUT2D eigenvalue weighted by molar-refractivity contribution is -0.125. The molecule has 2 atom stereocenters. The average Bonchev–Trinajstić information content (AvgIpc) is 3.33. The molecule has 2 aromatic heterocycles. The highest BCUT2D eigenvalue weighted by atomic mass is 19.1. The minimum atomic E-state index is -1.18. The number of hydrogen-bond donors (Lipinski definition) is 1. The lowest BCUT2D eigenvalue weighted by Crippen LogP contribution is -2.49. The van der Waals surface area contributed by atoms with E-state index in [4.69, 9.17) is 5.73 Å². The number of carbonyl (C=O) groups is 2. The van der Waals surface area contributed by atoms with Gasteiger partial charge in [-0.3, -0.25) is 14.4 Å². The van der Waals surface area contributed by atoms with Gasteiger partial charge >= 0.3 is 0 Å². The molecule has 33 heavy (non-hydrogen) atoms. The SMILES string of the molecule is CN1C(=O)[C@@H](C2(c3ccccc3F)CCc3nc(C(N)=O)nn32)CCc2cc(=O)n(C)cc21. The van der Waals surface area contributed by atoms with E-state index < -0.39 is 23.2 Å². The van der Waals surface area contributed by atoms with Crippen molar-refractivity contribution in [1.29, 1.82) is 0 Å². The van der Waals surface area contributed by atoms with Gasteiger partial charge in [0.25, 0.3) is 11.5 Å². The molecule has 0 aliphatic carbocycles. The second-order valence-electron chi connectivity index (χ2n) is 8.65. The van der Waals surface area contributed by atoms with Crippen molar-refractivity contribution in [2.24, 2.45) is 18.7 Å². The van der Waals surface area contributed by atoms with Gasteiger partial charge in [0, 0.05) is 38.3 Å². The lowest BCUT2D eigenvalue weighted by Gasteiger charge is -2.38. The van der Waals surface area contributed by atoms with E-state index in [9.17, 15) is 14.4 Å². The third kappa shape index (κ3) is 3.00. The molecule has 4 heterocycles. The zero-order chi connectivity index (χ0) is 23.5. The minimum absolute atomic E-state index is 0.161. The fourth-order valence-electron chi connectivity index (χ4n) is 5.28. The number of rotatable bonds is 3. The predicted molar refractivity (Wildman–Crippen MR) is 117 cm³/mol. The highest BCUT2D eigenvalue weighted by Gasteiger charge is 2.54. The first-order valence-corrected chi connectivity index (χ1v) is 10.7. The number of amides is 2.